The van der Waals surface area contributed by atoms with Crippen LogP contribution in [0.1, 0.15) is 15.2 Å². The topological polar surface area (TPSA) is 101 Å². The standard InChI is InChI=1S/C17H14F3N7OS/c1-9-2-3-11-10(6-22-25-11)14(9)24-15(28)12-7-21-16(29-12)23-13-4-5-27(26-13)8-17(18,19)20/h2-7H,8H2,1H3,(H,22,25)(H,24,28)(H,21,23,26). The van der Waals surface area contributed by atoms with E-state index >= 15 is 0 Å². The molecule has 4 aromatic rings. The molecule has 0 atom stereocenters. The fraction of sp³-hybridized carbons (Fsp3) is 0.176. The summed E-state index contributed by atoms with van der Waals surface area (Å²) in [6.07, 6.45) is -0.119. The first-order valence-electron chi connectivity index (χ1n) is 8.35. The third kappa shape index (κ3) is 4.21. The van der Waals surface area contributed by atoms with Gasteiger partial charge >= 0.3 is 6.18 Å². The zero-order valence-corrected chi connectivity index (χ0v) is 15.7. The number of hydrogen-bond acceptors (Lipinski definition) is 6. The third-order valence-corrected chi connectivity index (χ3v) is 4.93. The van der Waals surface area contributed by atoms with Gasteiger partial charge in [-0.05, 0) is 18.6 Å². The van der Waals surface area contributed by atoms with Gasteiger partial charge < -0.3 is 10.6 Å². The lowest BCUT2D eigenvalue weighted by Gasteiger charge is -2.08. The first kappa shape index (κ1) is 18.9. The Balaban J connectivity index is 1.47. The Morgan fingerprint density at radius 2 is 2.10 bits per heavy atom. The van der Waals surface area contributed by atoms with Crippen LogP contribution in [-0.2, 0) is 6.54 Å². The minimum absolute atomic E-state index is 0.203. The number of amides is 1. The van der Waals surface area contributed by atoms with Crippen molar-refractivity contribution in [3.63, 3.8) is 0 Å². The molecule has 0 aliphatic rings. The molecule has 1 amide bonds. The summed E-state index contributed by atoms with van der Waals surface area (Å²) in [5.41, 5.74) is 2.33. The van der Waals surface area contributed by atoms with Gasteiger partial charge in [0.1, 0.15) is 11.4 Å². The van der Waals surface area contributed by atoms with Crippen molar-refractivity contribution in [3.8, 4) is 0 Å². The highest BCUT2D eigenvalue weighted by Gasteiger charge is 2.28. The molecule has 3 N–H and O–H groups in total. The number of nitrogens with zero attached hydrogens (tertiary/aromatic N) is 4. The third-order valence-electron chi connectivity index (χ3n) is 4.02. The number of aryl methyl sites for hydroxylation is 1. The molecule has 0 bridgehead atoms. The van der Waals surface area contributed by atoms with Gasteiger partial charge in [-0.25, -0.2) is 4.98 Å². The molecule has 8 nitrogen and oxygen atoms in total. The van der Waals surface area contributed by atoms with Crippen molar-refractivity contribution in [1.29, 1.82) is 0 Å². The van der Waals surface area contributed by atoms with Gasteiger partial charge in [0.2, 0.25) is 0 Å². The van der Waals surface area contributed by atoms with Gasteiger partial charge in [0.05, 0.1) is 23.6 Å². The second-order valence-electron chi connectivity index (χ2n) is 6.21. The number of carbonyl (C=O) groups excluding carboxylic acids is 1. The second-order valence-corrected chi connectivity index (χ2v) is 7.24. The number of alkyl halides is 3. The maximum Gasteiger partial charge on any atom is 0.408 e. The number of H-pyrrole nitrogens is 1. The molecule has 0 unspecified atom stereocenters. The van der Waals surface area contributed by atoms with E-state index in [1.54, 1.807) is 6.20 Å². The van der Waals surface area contributed by atoms with Crippen molar-refractivity contribution in [2.45, 2.75) is 19.6 Å². The lowest BCUT2D eigenvalue weighted by atomic mass is 10.1. The molecular formula is C17H14F3N7OS. The number of aromatic nitrogens is 5. The van der Waals surface area contributed by atoms with E-state index in [1.807, 2.05) is 19.1 Å². The largest absolute Gasteiger partial charge is 0.408 e. The van der Waals surface area contributed by atoms with Crippen LogP contribution in [0.25, 0.3) is 10.9 Å². The lowest BCUT2D eigenvalue weighted by molar-refractivity contribution is -0.142. The quantitative estimate of drug-likeness (QED) is 0.451. The second kappa shape index (κ2) is 7.20. The van der Waals surface area contributed by atoms with Crippen LogP contribution in [0.3, 0.4) is 0 Å². The maximum absolute atomic E-state index is 12.6. The van der Waals surface area contributed by atoms with E-state index in [2.05, 4.69) is 30.9 Å². The molecule has 150 valence electrons. The summed E-state index contributed by atoms with van der Waals surface area (Å²) in [6, 6.07) is 5.14. The normalized spacial score (nSPS) is 11.7. The maximum atomic E-state index is 12.6. The van der Waals surface area contributed by atoms with Gasteiger partial charge in [0.15, 0.2) is 10.9 Å². The summed E-state index contributed by atoms with van der Waals surface area (Å²) >= 11 is 1.06. The number of halogens is 3. The monoisotopic (exact) mass is 421 g/mol. The van der Waals surface area contributed by atoms with E-state index in [4.69, 9.17) is 0 Å². The Morgan fingerprint density at radius 3 is 2.90 bits per heavy atom. The molecule has 1 aromatic carbocycles. The number of benzene rings is 1. The summed E-state index contributed by atoms with van der Waals surface area (Å²) in [5.74, 6) is -0.149. The van der Waals surface area contributed by atoms with E-state index in [1.165, 1.54) is 18.5 Å². The highest BCUT2D eigenvalue weighted by atomic mass is 32.1. The summed E-state index contributed by atoms with van der Waals surface area (Å²) in [4.78, 5) is 17.0. The molecular weight excluding hydrogens is 407 g/mol. The van der Waals surface area contributed by atoms with E-state index in [0.29, 0.717) is 15.7 Å². The number of thiazole rings is 1. The highest BCUT2D eigenvalue weighted by Crippen LogP contribution is 2.28. The van der Waals surface area contributed by atoms with Crippen molar-refractivity contribution in [3.05, 3.63) is 47.2 Å². The molecule has 0 radical (unpaired) electrons. The Morgan fingerprint density at radius 1 is 1.28 bits per heavy atom. The Bertz CT molecular complexity index is 1180. The molecule has 0 fully saturated rings. The molecule has 0 saturated carbocycles. The smallest absolute Gasteiger partial charge is 0.320 e. The molecule has 0 aliphatic heterocycles. The fourth-order valence-corrected chi connectivity index (χ4v) is 3.43. The van der Waals surface area contributed by atoms with Crippen LogP contribution in [-0.4, -0.2) is 37.0 Å². The van der Waals surface area contributed by atoms with Gasteiger partial charge in [0.25, 0.3) is 5.91 Å². The molecule has 0 aliphatic carbocycles. The Labute approximate surface area is 165 Å². The van der Waals surface area contributed by atoms with Gasteiger partial charge in [-0.15, -0.1) is 0 Å². The summed E-state index contributed by atoms with van der Waals surface area (Å²) in [6.45, 7) is 0.693. The predicted octanol–water partition coefficient (Wildman–Crippen LogP) is 4.08. The van der Waals surface area contributed by atoms with Crippen LogP contribution in [0.5, 0.6) is 0 Å². The van der Waals surface area contributed by atoms with E-state index < -0.39 is 12.7 Å². The van der Waals surface area contributed by atoms with Crippen LogP contribution in [0.2, 0.25) is 0 Å². The Hall–Kier alpha value is -3.41. The van der Waals surface area contributed by atoms with Crippen molar-refractivity contribution in [1.82, 2.24) is 25.0 Å². The number of anilines is 3. The summed E-state index contributed by atoms with van der Waals surface area (Å²) in [7, 11) is 0. The molecule has 4 rings (SSSR count). The van der Waals surface area contributed by atoms with E-state index in [-0.39, 0.29) is 11.7 Å². The van der Waals surface area contributed by atoms with Crippen molar-refractivity contribution in [2.24, 2.45) is 0 Å². The van der Waals surface area contributed by atoms with Crippen molar-refractivity contribution < 1.29 is 18.0 Å². The number of rotatable bonds is 5. The van der Waals surface area contributed by atoms with Crippen molar-refractivity contribution >= 4 is 44.8 Å². The Kier molecular flexibility index (Phi) is 4.70. The van der Waals surface area contributed by atoms with Crippen LogP contribution in [0.4, 0.5) is 29.8 Å². The van der Waals surface area contributed by atoms with Crippen molar-refractivity contribution in [2.75, 3.05) is 10.6 Å². The van der Waals surface area contributed by atoms with Gasteiger partial charge in [-0.1, -0.05) is 17.4 Å². The van der Waals surface area contributed by atoms with Gasteiger partial charge in [-0.3, -0.25) is 14.6 Å². The molecule has 29 heavy (non-hydrogen) atoms. The number of fused-ring (bicyclic) bond motifs is 1. The average Bonchev–Trinajstić information content (AvgIpc) is 3.37. The number of nitrogens with one attached hydrogen (secondary N) is 3. The van der Waals surface area contributed by atoms with Crippen LogP contribution in [0.15, 0.2) is 36.8 Å². The first-order chi connectivity index (χ1) is 13.8. The average molecular weight is 421 g/mol. The summed E-state index contributed by atoms with van der Waals surface area (Å²) < 4.78 is 38.0. The lowest BCUT2D eigenvalue weighted by Crippen LogP contribution is -2.18. The number of carbonyl (C=O) groups is 1. The zero-order valence-electron chi connectivity index (χ0n) is 14.9. The van der Waals surface area contributed by atoms with Gasteiger partial charge in [-0.2, -0.15) is 23.4 Å². The summed E-state index contributed by atoms with van der Waals surface area (Å²) in [5, 5.41) is 17.4. The SMILES string of the molecule is Cc1ccc2[nH]ncc2c1NC(=O)c1cnc(Nc2ccn(CC(F)(F)F)n2)s1. The molecule has 3 heterocycles. The zero-order chi connectivity index (χ0) is 20.6. The number of aromatic amines is 1. The fourth-order valence-electron chi connectivity index (χ4n) is 2.71. The molecule has 3 aromatic heterocycles. The minimum Gasteiger partial charge on any atom is -0.320 e. The van der Waals surface area contributed by atoms with Crippen LogP contribution in [0, 0.1) is 6.92 Å². The van der Waals surface area contributed by atoms with Crippen LogP contribution >= 0.6 is 11.3 Å². The first-order valence-corrected chi connectivity index (χ1v) is 9.17. The van der Waals surface area contributed by atoms with Gasteiger partial charge in [0, 0.05) is 17.6 Å². The highest BCUT2D eigenvalue weighted by molar-refractivity contribution is 7.17. The van der Waals surface area contributed by atoms with Crippen LogP contribution < -0.4 is 10.6 Å². The van der Waals surface area contributed by atoms with E-state index in [0.717, 1.165) is 32.5 Å². The number of hydrogen-bond donors (Lipinski definition) is 3. The van der Waals surface area contributed by atoms with E-state index in [9.17, 15) is 18.0 Å². The molecule has 12 heteroatoms. The minimum atomic E-state index is -4.36. The molecule has 0 spiro atoms. The molecule has 0 saturated heterocycles. The predicted molar refractivity (Wildman–Crippen MR) is 102 cm³/mol.